The molecule has 0 amide bonds. The third-order valence-electron chi connectivity index (χ3n) is 3.18. The molecule has 0 bridgehead atoms. The standard InChI is InChI=1S/C15H20N2O4S2/c1-4-10-8-11-13(23-10)16-15(22-3)17(14(11)19)9-12(18)21-7-6-20-5-2/h8H,4-7,9H2,1-3H3. The number of thioether (sulfide) groups is 1. The predicted molar refractivity (Wildman–Crippen MR) is 92.5 cm³/mol. The lowest BCUT2D eigenvalue weighted by Crippen LogP contribution is -2.28. The van der Waals surface area contributed by atoms with Gasteiger partial charge in [0.15, 0.2) is 5.16 Å². The Morgan fingerprint density at radius 1 is 1.39 bits per heavy atom. The van der Waals surface area contributed by atoms with Gasteiger partial charge in [-0.25, -0.2) is 4.98 Å². The van der Waals surface area contributed by atoms with Crippen LogP contribution in [0, 0.1) is 0 Å². The van der Waals surface area contributed by atoms with Gasteiger partial charge < -0.3 is 9.47 Å². The molecule has 0 saturated heterocycles. The number of carbonyl (C=O) groups is 1. The summed E-state index contributed by atoms with van der Waals surface area (Å²) in [5, 5.41) is 1.08. The van der Waals surface area contributed by atoms with Crippen LogP contribution in [0.15, 0.2) is 16.0 Å². The molecule has 6 nitrogen and oxygen atoms in total. The maximum Gasteiger partial charge on any atom is 0.326 e. The fourth-order valence-corrected chi connectivity index (χ4v) is 3.62. The van der Waals surface area contributed by atoms with Crippen molar-refractivity contribution in [2.75, 3.05) is 26.1 Å². The zero-order valence-electron chi connectivity index (χ0n) is 13.5. The van der Waals surface area contributed by atoms with E-state index < -0.39 is 5.97 Å². The molecule has 2 aromatic rings. The van der Waals surface area contributed by atoms with Crippen molar-refractivity contribution in [2.24, 2.45) is 0 Å². The maximum atomic E-state index is 12.6. The minimum absolute atomic E-state index is 0.138. The highest BCUT2D eigenvalue weighted by molar-refractivity contribution is 7.98. The molecular formula is C15H20N2O4S2. The van der Waals surface area contributed by atoms with Crippen molar-refractivity contribution in [1.29, 1.82) is 0 Å². The third kappa shape index (κ3) is 4.33. The number of aryl methyl sites for hydroxylation is 1. The van der Waals surface area contributed by atoms with E-state index in [-0.39, 0.29) is 18.7 Å². The summed E-state index contributed by atoms with van der Waals surface area (Å²) in [6.45, 7) is 4.89. The summed E-state index contributed by atoms with van der Waals surface area (Å²) in [5.41, 5.74) is -0.197. The number of nitrogens with zero attached hydrogens (tertiary/aromatic N) is 2. The summed E-state index contributed by atoms with van der Waals surface area (Å²) in [4.78, 5) is 30.9. The van der Waals surface area contributed by atoms with E-state index in [1.54, 1.807) is 0 Å². The molecule has 0 aromatic carbocycles. The van der Waals surface area contributed by atoms with E-state index in [4.69, 9.17) is 9.47 Å². The highest BCUT2D eigenvalue weighted by Crippen LogP contribution is 2.24. The van der Waals surface area contributed by atoms with E-state index in [0.29, 0.717) is 23.8 Å². The van der Waals surface area contributed by atoms with Crippen LogP contribution in [0.5, 0.6) is 0 Å². The van der Waals surface area contributed by atoms with Gasteiger partial charge in [0.2, 0.25) is 0 Å². The Morgan fingerprint density at radius 3 is 2.83 bits per heavy atom. The Hall–Kier alpha value is -1.38. The van der Waals surface area contributed by atoms with Crippen molar-refractivity contribution in [2.45, 2.75) is 32.0 Å². The van der Waals surface area contributed by atoms with Crippen molar-refractivity contribution < 1.29 is 14.3 Å². The fraction of sp³-hybridized carbons (Fsp3) is 0.533. The van der Waals surface area contributed by atoms with Crippen LogP contribution in [-0.2, 0) is 27.2 Å². The molecule has 2 aromatic heterocycles. The van der Waals surface area contributed by atoms with Crippen molar-refractivity contribution in [3.63, 3.8) is 0 Å². The second-order valence-corrected chi connectivity index (χ2v) is 6.58. The predicted octanol–water partition coefficient (Wildman–Crippen LogP) is 2.32. The molecule has 0 unspecified atom stereocenters. The van der Waals surface area contributed by atoms with Crippen LogP contribution in [0.4, 0.5) is 0 Å². The van der Waals surface area contributed by atoms with E-state index in [9.17, 15) is 9.59 Å². The van der Waals surface area contributed by atoms with Crippen LogP contribution in [0.1, 0.15) is 18.7 Å². The highest BCUT2D eigenvalue weighted by Gasteiger charge is 2.16. The Balaban J connectivity index is 2.23. The van der Waals surface area contributed by atoms with E-state index in [1.807, 2.05) is 26.2 Å². The van der Waals surface area contributed by atoms with Crippen LogP contribution in [0.25, 0.3) is 10.2 Å². The minimum Gasteiger partial charge on any atom is -0.462 e. The Kier molecular flexibility index (Phi) is 6.61. The Morgan fingerprint density at radius 2 is 2.17 bits per heavy atom. The SMILES string of the molecule is CCOCCOC(=O)Cn1c(SC)nc2sc(CC)cc2c1=O. The number of aromatic nitrogens is 2. The van der Waals surface area contributed by atoms with Gasteiger partial charge >= 0.3 is 5.97 Å². The molecule has 0 aliphatic heterocycles. The fourth-order valence-electron chi connectivity index (χ4n) is 2.05. The number of esters is 1. The highest BCUT2D eigenvalue weighted by atomic mass is 32.2. The number of carbonyl (C=O) groups excluding carboxylic acids is 1. The van der Waals surface area contributed by atoms with Crippen molar-refractivity contribution in [3.05, 3.63) is 21.3 Å². The van der Waals surface area contributed by atoms with E-state index in [0.717, 1.165) is 16.1 Å². The largest absolute Gasteiger partial charge is 0.462 e. The molecular weight excluding hydrogens is 336 g/mol. The summed E-state index contributed by atoms with van der Waals surface area (Å²) in [7, 11) is 0. The monoisotopic (exact) mass is 356 g/mol. The molecule has 0 aliphatic rings. The van der Waals surface area contributed by atoms with Gasteiger partial charge in [0.25, 0.3) is 5.56 Å². The lowest BCUT2D eigenvalue weighted by molar-refractivity contribution is -0.146. The normalized spacial score (nSPS) is 11.1. The smallest absolute Gasteiger partial charge is 0.326 e. The summed E-state index contributed by atoms with van der Waals surface area (Å²) < 4.78 is 11.6. The first-order valence-electron chi connectivity index (χ1n) is 7.41. The number of hydrogen-bond acceptors (Lipinski definition) is 7. The average molecular weight is 356 g/mol. The van der Waals surface area contributed by atoms with Crippen molar-refractivity contribution >= 4 is 39.3 Å². The summed E-state index contributed by atoms with van der Waals surface area (Å²) >= 11 is 2.86. The van der Waals surface area contributed by atoms with Crippen LogP contribution in [-0.4, -0.2) is 41.6 Å². The molecule has 0 spiro atoms. The molecule has 0 N–H and O–H groups in total. The molecule has 0 fully saturated rings. The van der Waals surface area contributed by atoms with Gasteiger partial charge in [-0.1, -0.05) is 18.7 Å². The lowest BCUT2D eigenvalue weighted by Gasteiger charge is -2.10. The summed E-state index contributed by atoms with van der Waals surface area (Å²) in [5.74, 6) is -0.464. The Bertz CT molecular complexity index is 739. The van der Waals surface area contributed by atoms with Crippen LogP contribution in [0.2, 0.25) is 0 Å². The molecule has 8 heteroatoms. The molecule has 2 rings (SSSR count). The summed E-state index contributed by atoms with van der Waals surface area (Å²) in [6, 6.07) is 1.86. The lowest BCUT2D eigenvalue weighted by atomic mass is 10.3. The van der Waals surface area contributed by atoms with Gasteiger partial charge in [0.05, 0.1) is 12.0 Å². The second kappa shape index (κ2) is 8.47. The van der Waals surface area contributed by atoms with Gasteiger partial charge in [-0.2, -0.15) is 0 Å². The molecule has 2 heterocycles. The van der Waals surface area contributed by atoms with Crippen LogP contribution in [0.3, 0.4) is 0 Å². The van der Waals surface area contributed by atoms with Gasteiger partial charge in [-0.3, -0.25) is 14.2 Å². The van der Waals surface area contributed by atoms with Gasteiger partial charge in [0.1, 0.15) is 18.0 Å². The van der Waals surface area contributed by atoms with Gasteiger partial charge in [0, 0.05) is 11.5 Å². The zero-order chi connectivity index (χ0) is 16.8. The topological polar surface area (TPSA) is 70.4 Å². The first-order chi connectivity index (χ1) is 11.1. The van der Waals surface area contributed by atoms with Crippen LogP contribution >= 0.6 is 23.1 Å². The number of thiophene rings is 1. The van der Waals surface area contributed by atoms with Crippen molar-refractivity contribution in [1.82, 2.24) is 9.55 Å². The first kappa shape index (κ1) is 18.0. The molecule has 0 atom stereocenters. The minimum atomic E-state index is -0.464. The molecule has 0 radical (unpaired) electrons. The number of rotatable bonds is 8. The van der Waals surface area contributed by atoms with E-state index >= 15 is 0 Å². The second-order valence-electron chi connectivity index (χ2n) is 4.69. The molecule has 126 valence electrons. The van der Waals surface area contributed by atoms with Crippen LogP contribution < -0.4 is 5.56 Å². The average Bonchev–Trinajstić information content (AvgIpc) is 2.97. The molecule has 23 heavy (non-hydrogen) atoms. The zero-order valence-corrected chi connectivity index (χ0v) is 15.1. The molecule has 0 saturated carbocycles. The third-order valence-corrected chi connectivity index (χ3v) is 5.03. The maximum absolute atomic E-state index is 12.6. The number of ether oxygens (including phenoxy) is 2. The summed E-state index contributed by atoms with van der Waals surface area (Å²) in [6.07, 6.45) is 2.69. The van der Waals surface area contributed by atoms with E-state index in [1.165, 1.54) is 27.7 Å². The van der Waals surface area contributed by atoms with E-state index in [2.05, 4.69) is 4.98 Å². The van der Waals surface area contributed by atoms with Gasteiger partial charge in [-0.05, 0) is 25.7 Å². The number of fused-ring (bicyclic) bond motifs is 1. The first-order valence-corrected chi connectivity index (χ1v) is 9.45. The molecule has 0 aliphatic carbocycles. The van der Waals surface area contributed by atoms with Crippen molar-refractivity contribution in [3.8, 4) is 0 Å². The Labute approximate surface area is 142 Å². The number of hydrogen-bond donors (Lipinski definition) is 0. The van der Waals surface area contributed by atoms with Gasteiger partial charge in [-0.15, -0.1) is 11.3 Å². The quantitative estimate of drug-likeness (QED) is 0.313.